The average Bonchev–Trinajstić information content (AvgIpc) is 2.59. The lowest BCUT2D eigenvalue weighted by atomic mass is 10.2. The second-order valence-corrected chi connectivity index (χ2v) is 5.85. The molecule has 0 heterocycles. The molecule has 2 aromatic rings. The summed E-state index contributed by atoms with van der Waals surface area (Å²) in [5.41, 5.74) is 1.55. The highest BCUT2D eigenvalue weighted by Crippen LogP contribution is 2.33. The van der Waals surface area contributed by atoms with E-state index in [2.05, 4.69) is 0 Å². The fourth-order valence-corrected chi connectivity index (χ4v) is 3.06. The van der Waals surface area contributed by atoms with Crippen LogP contribution in [0.15, 0.2) is 53.4 Å². The fourth-order valence-electron chi connectivity index (χ4n) is 2.03. The predicted molar refractivity (Wildman–Crippen MR) is 93.0 cm³/mol. The van der Waals surface area contributed by atoms with Crippen LogP contribution >= 0.6 is 11.8 Å². The number of nitrogens with two attached hydrogens (primary N) is 2. The van der Waals surface area contributed by atoms with Crippen molar-refractivity contribution >= 4 is 23.5 Å². The van der Waals surface area contributed by atoms with Gasteiger partial charge in [-0.3, -0.25) is 5.01 Å². The van der Waals surface area contributed by atoms with Gasteiger partial charge in [-0.05, 0) is 23.8 Å². The molecule has 0 unspecified atom stereocenters. The number of amides is 2. The molecule has 0 aliphatic carbocycles. The van der Waals surface area contributed by atoms with Crippen LogP contribution < -0.4 is 21.4 Å². The summed E-state index contributed by atoms with van der Waals surface area (Å²) in [5, 5.41) is 2.00. The van der Waals surface area contributed by atoms with E-state index in [1.54, 1.807) is 24.9 Å². The van der Waals surface area contributed by atoms with E-state index in [-0.39, 0.29) is 0 Å². The van der Waals surface area contributed by atoms with E-state index in [9.17, 15) is 4.79 Å². The Kier molecular flexibility index (Phi) is 5.86. The highest BCUT2D eigenvalue weighted by Gasteiger charge is 2.17. The monoisotopic (exact) mass is 332 g/mol. The number of hydrogen-bond donors (Lipinski definition) is 2. The zero-order chi connectivity index (χ0) is 16.8. The number of hydrogen-bond acceptors (Lipinski definition) is 5. The number of carbonyl (C=O) groups is 1. The van der Waals surface area contributed by atoms with E-state index in [4.69, 9.17) is 16.4 Å². The normalized spacial score (nSPS) is 10.3. The minimum absolute atomic E-state index is 0.486. The Balaban J connectivity index is 2.19. The Morgan fingerprint density at radius 1 is 1.13 bits per heavy atom. The van der Waals surface area contributed by atoms with Gasteiger partial charge in [0.2, 0.25) is 0 Å². The summed E-state index contributed by atoms with van der Waals surface area (Å²) in [6.45, 7) is 0. The fraction of sp³-hybridized carbons (Fsp3) is 0.188. The molecule has 0 fully saturated rings. The summed E-state index contributed by atoms with van der Waals surface area (Å²) >= 11 is 1.61. The maximum Gasteiger partial charge on any atom is 0.352 e. The minimum Gasteiger partial charge on any atom is -0.496 e. The van der Waals surface area contributed by atoms with Crippen LogP contribution in [-0.2, 0) is 5.75 Å². The molecule has 0 saturated heterocycles. The standard InChI is InChI=1S/C16H20N4O2S/c1-19(17)16(21)20(18)13-8-4-3-7-12(13)11-23-15-10-6-5-9-14(15)22-2/h3-10H,11,17-18H2,1-2H3. The molecule has 7 heteroatoms. The average molecular weight is 332 g/mol. The third-order valence-corrected chi connectivity index (χ3v) is 4.31. The van der Waals surface area contributed by atoms with Crippen LogP contribution in [0.1, 0.15) is 5.56 Å². The quantitative estimate of drug-likeness (QED) is 0.380. The van der Waals surface area contributed by atoms with Crippen LogP contribution in [0.3, 0.4) is 0 Å². The van der Waals surface area contributed by atoms with Gasteiger partial charge >= 0.3 is 6.03 Å². The first-order valence-electron chi connectivity index (χ1n) is 6.95. The molecule has 0 aromatic heterocycles. The van der Waals surface area contributed by atoms with Crippen LogP contribution in [0.5, 0.6) is 5.75 Å². The highest BCUT2D eigenvalue weighted by atomic mass is 32.2. The zero-order valence-electron chi connectivity index (χ0n) is 13.1. The Bertz CT molecular complexity index is 679. The van der Waals surface area contributed by atoms with Crippen molar-refractivity contribution in [3.63, 3.8) is 0 Å². The van der Waals surface area contributed by atoms with Crippen molar-refractivity contribution in [1.29, 1.82) is 0 Å². The lowest BCUT2D eigenvalue weighted by Gasteiger charge is -2.23. The molecule has 23 heavy (non-hydrogen) atoms. The lowest BCUT2D eigenvalue weighted by Crippen LogP contribution is -2.48. The summed E-state index contributed by atoms with van der Waals surface area (Å²) in [6, 6.07) is 14.8. The van der Waals surface area contributed by atoms with Crippen molar-refractivity contribution in [3.8, 4) is 5.75 Å². The van der Waals surface area contributed by atoms with Crippen LogP contribution in [0.4, 0.5) is 10.5 Å². The van der Waals surface area contributed by atoms with Gasteiger partial charge in [0.1, 0.15) is 5.75 Å². The molecular weight excluding hydrogens is 312 g/mol. The number of nitrogens with zero attached hydrogens (tertiary/aromatic N) is 2. The number of rotatable bonds is 5. The molecule has 0 aliphatic rings. The second-order valence-electron chi connectivity index (χ2n) is 4.83. The number of carbonyl (C=O) groups excluding carboxylic acids is 1. The smallest absolute Gasteiger partial charge is 0.352 e. The van der Waals surface area contributed by atoms with Gasteiger partial charge in [-0.25, -0.2) is 21.5 Å². The molecule has 122 valence electrons. The van der Waals surface area contributed by atoms with E-state index >= 15 is 0 Å². The Hall–Kier alpha value is -2.22. The molecule has 6 nitrogen and oxygen atoms in total. The zero-order valence-corrected chi connectivity index (χ0v) is 13.9. The molecule has 0 aliphatic heterocycles. The Morgan fingerprint density at radius 2 is 1.78 bits per heavy atom. The lowest BCUT2D eigenvalue weighted by molar-refractivity contribution is 0.216. The van der Waals surface area contributed by atoms with E-state index < -0.39 is 6.03 Å². The van der Waals surface area contributed by atoms with Crippen molar-refractivity contribution in [1.82, 2.24) is 5.01 Å². The summed E-state index contributed by atoms with van der Waals surface area (Å²) in [4.78, 5) is 13.0. The van der Waals surface area contributed by atoms with Crippen molar-refractivity contribution in [2.75, 3.05) is 19.2 Å². The van der Waals surface area contributed by atoms with Crippen molar-refractivity contribution in [3.05, 3.63) is 54.1 Å². The summed E-state index contributed by atoms with van der Waals surface area (Å²) in [5.74, 6) is 12.8. The van der Waals surface area contributed by atoms with Gasteiger partial charge in [-0.15, -0.1) is 11.8 Å². The van der Waals surface area contributed by atoms with E-state index in [1.165, 1.54) is 7.05 Å². The summed E-state index contributed by atoms with van der Waals surface area (Å²) < 4.78 is 5.35. The molecule has 2 rings (SSSR count). The molecule has 2 aromatic carbocycles. The van der Waals surface area contributed by atoms with E-state index in [0.29, 0.717) is 11.4 Å². The molecular formula is C16H20N4O2S. The predicted octanol–water partition coefficient (Wildman–Crippen LogP) is 2.59. The van der Waals surface area contributed by atoms with Crippen molar-refractivity contribution in [2.45, 2.75) is 10.6 Å². The highest BCUT2D eigenvalue weighted by molar-refractivity contribution is 7.98. The first-order chi connectivity index (χ1) is 11.0. The van der Waals surface area contributed by atoms with E-state index in [1.807, 2.05) is 42.5 Å². The van der Waals surface area contributed by atoms with Gasteiger partial charge in [0.25, 0.3) is 0 Å². The van der Waals surface area contributed by atoms with Crippen LogP contribution in [0, 0.1) is 0 Å². The number of thioether (sulfide) groups is 1. The molecule has 0 radical (unpaired) electrons. The minimum atomic E-state index is -0.486. The van der Waals surface area contributed by atoms with Gasteiger partial charge in [0.15, 0.2) is 0 Å². The summed E-state index contributed by atoms with van der Waals surface area (Å²) in [6.07, 6.45) is 0. The molecule has 2 amide bonds. The maximum absolute atomic E-state index is 11.9. The third kappa shape index (κ3) is 4.16. The van der Waals surface area contributed by atoms with E-state index in [0.717, 1.165) is 26.2 Å². The number of urea groups is 1. The maximum atomic E-state index is 11.9. The number of para-hydroxylation sites is 2. The van der Waals surface area contributed by atoms with Gasteiger partial charge in [0, 0.05) is 17.7 Å². The third-order valence-electron chi connectivity index (χ3n) is 3.21. The largest absolute Gasteiger partial charge is 0.496 e. The molecule has 4 N–H and O–H groups in total. The van der Waals surface area contributed by atoms with Gasteiger partial charge in [-0.1, -0.05) is 30.3 Å². The topological polar surface area (TPSA) is 84.8 Å². The number of ether oxygens (including phenoxy) is 1. The number of hydrazine groups is 2. The van der Waals surface area contributed by atoms with Crippen LogP contribution in [0.25, 0.3) is 0 Å². The first kappa shape index (κ1) is 17.1. The molecule has 0 atom stereocenters. The number of methoxy groups -OCH3 is 1. The van der Waals surface area contributed by atoms with Crippen molar-refractivity contribution in [2.24, 2.45) is 11.7 Å². The Labute approximate surface area is 139 Å². The number of benzene rings is 2. The van der Waals surface area contributed by atoms with Gasteiger partial charge in [-0.2, -0.15) is 0 Å². The second kappa shape index (κ2) is 7.87. The molecule has 0 spiro atoms. The van der Waals surface area contributed by atoms with Crippen LogP contribution in [0.2, 0.25) is 0 Å². The number of anilines is 1. The SMILES string of the molecule is COc1ccccc1SCc1ccccc1N(N)C(=O)N(C)N. The van der Waals surface area contributed by atoms with Crippen molar-refractivity contribution < 1.29 is 9.53 Å². The molecule has 0 saturated carbocycles. The Morgan fingerprint density at radius 3 is 2.48 bits per heavy atom. The van der Waals surface area contributed by atoms with Gasteiger partial charge < -0.3 is 4.74 Å². The first-order valence-corrected chi connectivity index (χ1v) is 7.94. The van der Waals surface area contributed by atoms with Gasteiger partial charge in [0.05, 0.1) is 12.8 Å². The molecule has 0 bridgehead atoms. The van der Waals surface area contributed by atoms with Crippen LogP contribution in [-0.4, -0.2) is 25.2 Å². The summed E-state index contributed by atoms with van der Waals surface area (Å²) in [7, 11) is 3.10.